The summed E-state index contributed by atoms with van der Waals surface area (Å²) in [7, 11) is 3.01. The van der Waals surface area contributed by atoms with Crippen LogP contribution < -0.4 is 14.8 Å². The minimum atomic E-state index is -4.79. The van der Waals surface area contributed by atoms with Gasteiger partial charge >= 0.3 is 12.4 Å². The standard InChI is InChI=1S/C17H17F3N2O3/c1-22(16(23)21-13-7-9-14(24-2)10-8-13)11-12-5-3-4-6-15(12)25-17(18,19)20/h3-10H,11H2,1-2H3,(H,21,23). The lowest BCUT2D eigenvalue weighted by atomic mass is 10.2. The largest absolute Gasteiger partial charge is 0.573 e. The molecule has 0 aromatic heterocycles. The number of urea groups is 1. The van der Waals surface area contributed by atoms with Gasteiger partial charge in [-0.25, -0.2) is 4.79 Å². The molecule has 8 heteroatoms. The Balaban J connectivity index is 2.03. The molecule has 2 aromatic carbocycles. The van der Waals surface area contributed by atoms with Gasteiger partial charge in [0, 0.05) is 18.3 Å². The molecular weight excluding hydrogens is 337 g/mol. The Kier molecular flexibility index (Phi) is 5.74. The van der Waals surface area contributed by atoms with E-state index in [1.807, 2.05) is 0 Å². The number of para-hydroxylation sites is 1. The highest BCUT2D eigenvalue weighted by Gasteiger charge is 2.32. The van der Waals surface area contributed by atoms with E-state index in [2.05, 4.69) is 10.1 Å². The lowest BCUT2D eigenvalue weighted by Crippen LogP contribution is -2.31. The smallest absolute Gasteiger partial charge is 0.497 e. The summed E-state index contributed by atoms with van der Waals surface area (Å²) >= 11 is 0. The fourth-order valence-corrected chi connectivity index (χ4v) is 2.08. The number of methoxy groups -OCH3 is 1. The molecule has 2 amide bonds. The monoisotopic (exact) mass is 354 g/mol. The molecule has 2 rings (SSSR count). The molecule has 0 heterocycles. The summed E-state index contributed by atoms with van der Waals surface area (Å²) < 4.78 is 46.3. The molecule has 1 N–H and O–H groups in total. The number of nitrogens with one attached hydrogen (secondary N) is 1. The number of hydrogen-bond donors (Lipinski definition) is 1. The number of carbonyl (C=O) groups excluding carboxylic acids is 1. The summed E-state index contributed by atoms with van der Waals surface area (Å²) in [6.45, 7) is -0.0474. The number of amides is 2. The average molecular weight is 354 g/mol. The van der Waals surface area contributed by atoms with Crippen LogP contribution in [0.4, 0.5) is 23.7 Å². The van der Waals surface area contributed by atoms with E-state index in [0.29, 0.717) is 11.4 Å². The average Bonchev–Trinajstić information content (AvgIpc) is 2.56. The van der Waals surface area contributed by atoms with Crippen LogP contribution in [0.5, 0.6) is 11.5 Å². The van der Waals surface area contributed by atoms with Crippen molar-refractivity contribution < 1.29 is 27.4 Å². The number of anilines is 1. The zero-order valence-electron chi connectivity index (χ0n) is 13.6. The van der Waals surface area contributed by atoms with Gasteiger partial charge in [-0.15, -0.1) is 13.2 Å². The van der Waals surface area contributed by atoms with Crippen LogP contribution in [0.2, 0.25) is 0 Å². The van der Waals surface area contributed by atoms with E-state index in [-0.39, 0.29) is 17.9 Å². The van der Waals surface area contributed by atoms with Crippen molar-refractivity contribution in [3.8, 4) is 11.5 Å². The van der Waals surface area contributed by atoms with Gasteiger partial charge in [-0.2, -0.15) is 0 Å². The number of halogens is 3. The van der Waals surface area contributed by atoms with Crippen molar-refractivity contribution >= 4 is 11.7 Å². The third-order valence-electron chi connectivity index (χ3n) is 3.29. The van der Waals surface area contributed by atoms with Crippen molar-refractivity contribution in [2.45, 2.75) is 12.9 Å². The maximum atomic E-state index is 12.4. The van der Waals surface area contributed by atoms with Crippen LogP contribution in [-0.2, 0) is 6.54 Å². The molecule has 0 saturated carbocycles. The first-order valence-electron chi connectivity index (χ1n) is 7.28. The van der Waals surface area contributed by atoms with Crippen LogP contribution >= 0.6 is 0 Å². The second kappa shape index (κ2) is 7.78. The van der Waals surface area contributed by atoms with E-state index in [9.17, 15) is 18.0 Å². The lowest BCUT2D eigenvalue weighted by molar-refractivity contribution is -0.274. The molecule has 0 atom stereocenters. The SMILES string of the molecule is COc1ccc(NC(=O)N(C)Cc2ccccc2OC(F)(F)F)cc1. The number of nitrogens with zero attached hydrogens (tertiary/aromatic N) is 1. The molecule has 0 spiro atoms. The number of alkyl halides is 3. The van der Waals surface area contributed by atoms with Gasteiger partial charge in [-0.3, -0.25) is 0 Å². The second-order valence-corrected chi connectivity index (χ2v) is 5.17. The summed E-state index contributed by atoms with van der Waals surface area (Å²) in [5.74, 6) is 0.309. The normalized spacial score (nSPS) is 10.9. The zero-order valence-corrected chi connectivity index (χ0v) is 13.6. The van der Waals surface area contributed by atoms with E-state index in [1.165, 1.54) is 37.3 Å². The molecular formula is C17H17F3N2O3. The van der Waals surface area contributed by atoms with Crippen molar-refractivity contribution in [2.24, 2.45) is 0 Å². The molecule has 0 bridgehead atoms. The first-order valence-corrected chi connectivity index (χ1v) is 7.28. The minimum Gasteiger partial charge on any atom is -0.497 e. The first-order chi connectivity index (χ1) is 11.8. The Bertz CT molecular complexity index is 718. The molecule has 0 unspecified atom stereocenters. The van der Waals surface area contributed by atoms with Crippen molar-refractivity contribution in [2.75, 3.05) is 19.5 Å². The molecule has 0 fully saturated rings. The van der Waals surface area contributed by atoms with E-state index >= 15 is 0 Å². The van der Waals surface area contributed by atoms with Gasteiger partial charge in [-0.05, 0) is 30.3 Å². The Morgan fingerprint density at radius 1 is 1.12 bits per heavy atom. The van der Waals surface area contributed by atoms with E-state index < -0.39 is 12.4 Å². The molecule has 5 nitrogen and oxygen atoms in total. The van der Waals surface area contributed by atoms with Crippen molar-refractivity contribution in [3.63, 3.8) is 0 Å². The van der Waals surface area contributed by atoms with Crippen LogP contribution in [0.3, 0.4) is 0 Å². The van der Waals surface area contributed by atoms with Gasteiger partial charge in [0.2, 0.25) is 0 Å². The minimum absolute atomic E-state index is 0.0474. The lowest BCUT2D eigenvalue weighted by Gasteiger charge is -2.20. The highest BCUT2D eigenvalue weighted by Crippen LogP contribution is 2.27. The van der Waals surface area contributed by atoms with Crippen molar-refractivity contribution in [3.05, 3.63) is 54.1 Å². The fourth-order valence-electron chi connectivity index (χ4n) is 2.08. The summed E-state index contributed by atoms with van der Waals surface area (Å²) in [6.07, 6.45) is -4.79. The van der Waals surface area contributed by atoms with Crippen LogP contribution in [0.25, 0.3) is 0 Å². The molecule has 0 saturated heterocycles. The second-order valence-electron chi connectivity index (χ2n) is 5.17. The van der Waals surface area contributed by atoms with Crippen molar-refractivity contribution in [1.29, 1.82) is 0 Å². The molecule has 2 aromatic rings. The van der Waals surface area contributed by atoms with Gasteiger partial charge in [0.05, 0.1) is 13.7 Å². The quantitative estimate of drug-likeness (QED) is 0.873. The topological polar surface area (TPSA) is 50.8 Å². The summed E-state index contributed by atoms with van der Waals surface area (Å²) in [5.41, 5.74) is 0.782. The number of rotatable bonds is 5. The Hall–Kier alpha value is -2.90. The number of ether oxygens (including phenoxy) is 2. The number of carbonyl (C=O) groups is 1. The molecule has 25 heavy (non-hydrogen) atoms. The Morgan fingerprint density at radius 3 is 2.36 bits per heavy atom. The van der Waals surface area contributed by atoms with Gasteiger partial charge in [-0.1, -0.05) is 18.2 Å². The summed E-state index contributed by atoms with van der Waals surface area (Å²) in [6, 6.07) is 11.9. The highest BCUT2D eigenvalue weighted by molar-refractivity contribution is 5.89. The first kappa shape index (κ1) is 18.4. The third kappa shape index (κ3) is 5.59. The summed E-state index contributed by atoms with van der Waals surface area (Å²) in [5, 5.41) is 2.65. The molecule has 0 radical (unpaired) electrons. The zero-order chi connectivity index (χ0) is 18.4. The maximum absolute atomic E-state index is 12.4. The van der Waals surface area contributed by atoms with Gasteiger partial charge in [0.1, 0.15) is 11.5 Å². The molecule has 134 valence electrons. The van der Waals surface area contributed by atoms with Crippen LogP contribution in [-0.4, -0.2) is 31.5 Å². The summed E-state index contributed by atoms with van der Waals surface area (Å²) in [4.78, 5) is 13.4. The van der Waals surface area contributed by atoms with Gasteiger partial charge < -0.3 is 19.7 Å². The van der Waals surface area contributed by atoms with Crippen molar-refractivity contribution in [1.82, 2.24) is 4.90 Å². The van der Waals surface area contributed by atoms with Crippen LogP contribution in [0.1, 0.15) is 5.56 Å². The Morgan fingerprint density at radius 2 is 1.76 bits per heavy atom. The van der Waals surface area contributed by atoms with E-state index in [0.717, 1.165) is 0 Å². The predicted octanol–water partition coefficient (Wildman–Crippen LogP) is 4.26. The van der Waals surface area contributed by atoms with E-state index in [4.69, 9.17) is 4.74 Å². The fraction of sp³-hybridized carbons (Fsp3) is 0.235. The van der Waals surface area contributed by atoms with Gasteiger partial charge in [0.15, 0.2) is 0 Å². The van der Waals surface area contributed by atoms with Crippen LogP contribution in [0.15, 0.2) is 48.5 Å². The molecule has 0 aliphatic rings. The third-order valence-corrected chi connectivity index (χ3v) is 3.29. The van der Waals surface area contributed by atoms with Gasteiger partial charge in [0.25, 0.3) is 0 Å². The number of benzene rings is 2. The maximum Gasteiger partial charge on any atom is 0.573 e. The van der Waals surface area contributed by atoms with Crippen LogP contribution in [0, 0.1) is 0 Å². The van der Waals surface area contributed by atoms with E-state index in [1.54, 1.807) is 30.3 Å². The molecule has 0 aliphatic carbocycles. The highest BCUT2D eigenvalue weighted by atomic mass is 19.4. The number of hydrogen-bond acceptors (Lipinski definition) is 3. The predicted molar refractivity (Wildman–Crippen MR) is 86.6 cm³/mol. The Labute approximate surface area is 143 Å². The molecule has 0 aliphatic heterocycles.